The highest BCUT2D eigenvalue weighted by Gasteiger charge is 2.17. The lowest BCUT2D eigenvalue weighted by Crippen LogP contribution is -2.22. The first-order chi connectivity index (χ1) is 17.7. The van der Waals surface area contributed by atoms with Crippen molar-refractivity contribution in [2.75, 3.05) is 24.7 Å². The number of ether oxygens (including phenoxy) is 2. The highest BCUT2D eigenvalue weighted by molar-refractivity contribution is 8.00. The minimum absolute atomic E-state index is 0. The van der Waals surface area contributed by atoms with Crippen molar-refractivity contribution in [3.63, 3.8) is 0 Å². The number of thioether (sulfide) groups is 2. The van der Waals surface area contributed by atoms with Gasteiger partial charge in [-0.1, -0.05) is 62.8 Å². The summed E-state index contributed by atoms with van der Waals surface area (Å²) >= 11 is 3.80. The summed E-state index contributed by atoms with van der Waals surface area (Å²) in [6.45, 7) is 0.659. The molecule has 2 aliphatic carbocycles. The van der Waals surface area contributed by atoms with Crippen LogP contribution in [0.4, 0.5) is 0 Å². The molecular weight excluding hydrogens is 488 g/mol. The predicted octanol–water partition coefficient (Wildman–Crippen LogP) is 7.46. The topological polar surface area (TPSA) is 58.9 Å². The maximum absolute atomic E-state index is 10.3. The lowest BCUT2D eigenvalue weighted by molar-refractivity contribution is 0.126. The van der Waals surface area contributed by atoms with Gasteiger partial charge in [0.2, 0.25) is 0 Å². The van der Waals surface area contributed by atoms with E-state index in [1.54, 1.807) is 0 Å². The molecule has 2 aromatic carbocycles. The third-order valence-corrected chi connectivity index (χ3v) is 10.1. The molecule has 2 saturated carbocycles. The van der Waals surface area contributed by atoms with Gasteiger partial charge in [0.1, 0.15) is 24.7 Å². The quantitative estimate of drug-likeness (QED) is 0.278. The number of rotatable bonds is 13. The van der Waals surface area contributed by atoms with E-state index in [2.05, 4.69) is 0 Å². The molecule has 2 fully saturated rings. The van der Waals surface area contributed by atoms with Crippen LogP contribution in [0.15, 0.2) is 48.5 Å². The number of aliphatic hydroxyl groups excluding tert-OH is 2. The standard InChI is InChI=1S/C30H42O4S2.2H2/c31-25(21-35-29-7-3-1-4-8-29)19-33-27-15-11-23(12-16-27)24-13-17-28(18-14-24)34-20-26(32)22-36-30-9-5-2-6-10-30;;/h11-18,25-26,29-32H,1-10,19-22H2;2*1H. The van der Waals surface area contributed by atoms with E-state index in [0.717, 1.165) is 34.1 Å². The molecule has 0 bridgehead atoms. The minimum Gasteiger partial charge on any atom is -0.491 e. The van der Waals surface area contributed by atoms with Crippen LogP contribution >= 0.6 is 23.5 Å². The van der Waals surface area contributed by atoms with Crippen LogP contribution < -0.4 is 9.47 Å². The summed E-state index contributed by atoms with van der Waals surface area (Å²) in [7, 11) is 0. The van der Waals surface area contributed by atoms with Crippen molar-refractivity contribution in [1.29, 1.82) is 0 Å². The fourth-order valence-electron chi connectivity index (χ4n) is 4.93. The SMILES string of the molecule is OC(COc1ccc(-c2ccc(OCC(O)CSC3CCCCC3)cc2)cc1)CSC1CCCCC1.[HH].[HH]. The van der Waals surface area contributed by atoms with E-state index in [-0.39, 0.29) is 2.85 Å². The summed E-state index contributed by atoms with van der Waals surface area (Å²) in [5.74, 6) is 3.04. The van der Waals surface area contributed by atoms with Crippen molar-refractivity contribution in [3.8, 4) is 22.6 Å². The van der Waals surface area contributed by atoms with Crippen LogP contribution in [0, 0.1) is 0 Å². The Kier molecular flexibility index (Phi) is 11.7. The van der Waals surface area contributed by atoms with Gasteiger partial charge in [-0.25, -0.2) is 0 Å². The fourth-order valence-corrected chi connectivity index (χ4v) is 7.44. The number of hydrogen-bond acceptors (Lipinski definition) is 6. The molecule has 4 rings (SSSR count). The van der Waals surface area contributed by atoms with Gasteiger partial charge < -0.3 is 19.7 Å². The molecule has 0 spiro atoms. The second-order valence-corrected chi connectivity index (χ2v) is 12.8. The Hall–Kier alpha value is -1.34. The Morgan fingerprint density at radius 1 is 0.611 bits per heavy atom. The van der Waals surface area contributed by atoms with Crippen molar-refractivity contribution in [2.24, 2.45) is 0 Å². The highest BCUT2D eigenvalue weighted by atomic mass is 32.2. The zero-order chi connectivity index (χ0) is 25.0. The Morgan fingerprint density at radius 3 is 1.33 bits per heavy atom. The number of hydrogen-bond donors (Lipinski definition) is 2. The van der Waals surface area contributed by atoms with Crippen molar-refractivity contribution in [3.05, 3.63) is 48.5 Å². The molecule has 2 aromatic rings. The van der Waals surface area contributed by atoms with Crippen LogP contribution in [0.2, 0.25) is 0 Å². The lowest BCUT2D eigenvalue weighted by atomic mass is 10.0. The maximum atomic E-state index is 10.3. The third-order valence-electron chi connectivity index (χ3n) is 7.08. The normalized spacial score (nSPS) is 19.1. The summed E-state index contributed by atoms with van der Waals surface area (Å²) in [4.78, 5) is 0. The monoisotopic (exact) mass is 534 g/mol. The Balaban J connectivity index is 0.00000253. The van der Waals surface area contributed by atoms with Crippen LogP contribution in [0.3, 0.4) is 0 Å². The van der Waals surface area contributed by atoms with Crippen molar-refractivity contribution in [2.45, 2.75) is 86.9 Å². The predicted molar refractivity (Wildman–Crippen MR) is 158 cm³/mol. The molecule has 36 heavy (non-hydrogen) atoms. The van der Waals surface area contributed by atoms with E-state index in [4.69, 9.17) is 9.47 Å². The molecule has 2 aliphatic rings. The van der Waals surface area contributed by atoms with Crippen molar-refractivity contribution in [1.82, 2.24) is 0 Å². The molecule has 2 unspecified atom stereocenters. The third kappa shape index (κ3) is 9.51. The Labute approximate surface area is 228 Å². The number of benzene rings is 2. The van der Waals surface area contributed by atoms with Gasteiger partial charge in [0, 0.05) is 24.9 Å². The summed E-state index contributed by atoms with van der Waals surface area (Å²) < 4.78 is 11.6. The molecule has 0 amide bonds. The first kappa shape index (κ1) is 27.7. The molecule has 0 heterocycles. The van der Waals surface area contributed by atoms with Gasteiger partial charge in [0.15, 0.2) is 0 Å². The van der Waals surface area contributed by atoms with Crippen LogP contribution in [-0.4, -0.2) is 57.6 Å². The highest BCUT2D eigenvalue weighted by Crippen LogP contribution is 2.30. The molecule has 6 heteroatoms. The average molecular weight is 535 g/mol. The van der Waals surface area contributed by atoms with E-state index in [0.29, 0.717) is 23.7 Å². The molecular formula is C30H46O4S2. The average Bonchev–Trinajstić information content (AvgIpc) is 2.94. The van der Waals surface area contributed by atoms with Crippen LogP contribution in [-0.2, 0) is 0 Å². The zero-order valence-corrected chi connectivity index (χ0v) is 23.0. The summed E-state index contributed by atoms with van der Waals surface area (Å²) in [5, 5.41) is 22.0. The Bertz CT molecular complexity index is 799. The summed E-state index contributed by atoms with van der Waals surface area (Å²) in [5.41, 5.74) is 2.21. The summed E-state index contributed by atoms with van der Waals surface area (Å²) in [6.07, 6.45) is 12.3. The van der Waals surface area contributed by atoms with Crippen LogP contribution in [0.5, 0.6) is 11.5 Å². The van der Waals surface area contributed by atoms with Gasteiger partial charge in [-0.05, 0) is 61.1 Å². The molecule has 2 atom stereocenters. The second-order valence-electron chi connectivity index (χ2n) is 10.2. The lowest BCUT2D eigenvalue weighted by Gasteiger charge is -2.22. The molecule has 0 radical (unpaired) electrons. The van der Waals surface area contributed by atoms with E-state index in [1.807, 2.05) is 72.1 Å². The van der Waals surface area contributed by atoms with Gasteiger partial charge in [-0.15, -0.1) is 0 Å². The van der Waals surface area contributed by atoms with E-state index in [9.17, 15) is 10.2 Å². The van der Waals surface area contributed by atoms with Gasteiger partial charge in [0.05, 0.1) is 12.2 Å². The van der Waals surface area contributed by atoms with E-state index < -0.39 is 12.2 Å². The van der Waals surface area contributed by atoms with Gasteiger partial charge in [0.25, 0.3) is 0 Å². The second kappa shape index (κ2) is 15.2. The molecule has 4 nitrogen and oxygen atoms in total. The van der Waals surface area contributed by atoms with Crippen molar-refractivity contribution < 1.29 is 22.5 Å². The molecule has 0 aromatic heterocycles. The minimum atomic E-state index is -0.437. The molecule has 0 aliphatic heterocycles. The molecule has 0 saturated heterocycles. The molecule has 2 N–H and O–H groups in total. The zero-order valence-electron chi connectivity index (χ0n) is 21.4. The molecule has 202 valence electrons. The van der Waals surface area contributed by atoms with Crippen LogP contribution in [0.1, 0.15) is 67.1 Å². The largest absolute Gasteiger partial charge is 0.491 e. The van der Waals surface area contributed by atoms with Gasteiger partial charge >= 0.3 is 0 Å². The van der Waals surface area contributed by atoms with Gasteiger partial charge in [-0.3, -0.25) is 0 Å². The van der Waals surface area contributed by atoms with Crippen molar-refractivity contribution >= 4 is 23.5 Å². The Morgan fingerprint density at radius 2 is 0.972 bits per heavy atom. The fraction of sp³-hybridized carbons (Fsp3) is 0.600. The first-order valence-corrected chi connectivity index (χ1v) is 15.8. The first-order valence-electron chi connectivity index (χ1n) is 13.7. The smallest absolute Gasteiger partial charge is 0.119 e. The van der Waals surface area contributed by atoms with E-state index in [1.165, 1.54) is 64.2 Å². The summed E-state index contributed by atoms with van der Waals surface area (Å²) in [6, 6.07) is 16.0. The van der Waals surface area contributed by atoms with Gasteiger partial charge in [-0.2, -0.15) is 23.5 Å². The maximum Gasteiger partial charge on any atom is 0.119 e. The number of aliphatic hydroxyl groups is 2. The van der Waals surface area contributed by atoms with E-state index >= 15 is 0 Å². The van der Waals surface area contributed by atoms with Crippen LogP contribution in [0.25, 0.3) is 11.1 Å².